The van der Waals surface area contributed by atoms with Crippen molar-refractivity contribution in [2.75, 3.05) is 13.1 Å². The van der Waals surface area contributed by atoms with E-state index in [0.29, 0.717) is 13.1 Å². The Balaban J connectivity index is 2.57. The highest BCUT2D eigenvalue weighted by Gasteiger charge is 2.14. The Morgan fingerprint density at radius 1 is 1.30 bits per heavy atom. The number of benzene rings is 1. The number of rotatable bonds is 6. The van der Waals surface area contributed by atoms with Crippen molar-refractivity contribution in [3.05, 3.63) is 48.0 Å². The molecule has 0 radical (unpaired) electrons. The second kappa shape index (κ2) is 7.25. The number of hydrogen-bond acceptors (Lipinski definition) is 2. The monoisotopic (exact) mass is 274 g/mol. The molecule has 1 aromatic rings. The predicted molar refractivity (Wildman–Crippen MR) is 84.8 cm³/mol. The van der Waals surface area contributed by atoms with Crippen LogP contribution in [0.1, 0.15) is 44.9 Å². The van der Waals surface area contributed by atoms with E-state index in [2.05, 4.69) is 62.2 Å². The van der Waals surface area contributed by atoms with Crippen molar-refractivity contribution in [2.24, 2.45) is 0 Å². The maximum absolute atomic E-state index is 11.7. The lowest BCUT2D eigenvalue weighted by molar-refractivity contribution is -0.120. The molecule has 1 aromatic carbocycles. The van der Waals surface area contributed by atoms with Gasteiger partial charge in [-0.2, -0.15) is 0 Å². The molecule has 0 spiro atoms. The summed E-state index contributed by atoms with van der Waals surface area (Å²) >= 11 is 0. The minimum absolute atomic E-state index is 0.000696. The molecule has 110 valence electrons. The molecule has 20 heavy (non-hydrogen) atoms. The first kappa shape index (κ1) is 16.4. The highest BCUT2D eigenvalue weighted by Crippen LogP contribution is 2.23. The van der Waals surface area contributed by atoms with E-state index < -0.39 is 0 Å². The second-order valence-corrected chi connectivity index (χ2v) is 6.08. The van der Waals surface area contributed by atoms with E-state index in [1.165, 1.54) is 5.56 Å². The number of hydrogen-bond donors (Lipinski definition) is 2. The van der Waals surface area contributed by atoms with Crippen LogP contribution in [0.4, 0.5) is 0 Å². The number of carbonyl (C=O) groups excluding carboxylic acids is 1. The van der Waals surface area contributed by atoms with Gasteiger partial charge in [0.15, 0.2) is 0 Å². The summed E-state index contributed by atoms with van der Waals surface area (Å²) in [6.07, 6.45) is 1.74. The predicted octanol–water partition coefficient (Wildman–Crippen LogP) is 2.94. The van der Waals surface area contributed by atoms with Gasteiger partial charge >= 0.3 is 0 Å². The van der Waals surface area contributed by atoms with Crippen molar-refractivity contribution in [2.45, 2.75) is 39.2 Å². The summed E-state index contributed by atoms with van der Waals surface area (Å²) in [6.45, 7) is 13.1. The van der Waals surface area contributed by atoms with E-state index in [1.54, 1.807) is 6.08 Å². The van der Waals surface area contributed by atoms with Gasteiger partial charge in [-0.1, -0.05) is 51.1 Å². The number of amides is 1. The molecule has 0 aliphatic heterocycles. The molecule has 0 heterocycles. The standard InChI is InChI=1S/C17H26N2O/c1-6-11-18-12-16(20)19-13(2)14-7-9-15(10-8-14)17(3,4)5/h6-10,13,18H,1,11-12H2,2-5H3,(H,19,20). The van der Waals surface area contributed by atoms with Crippen LogP contribution in [0, 0.1) is 0 Å². The molecule has 0 aliphatic rings. The third-order valence-electron chi connectivity index (χ3n) is 3.23. The van der Waals surface area contributed by atoms with Gasteiger partial charge in [0.25, 0.3) is 0 Å². The van der Waals surface area contributed by atoms with Gasteiger partial charge in [-0.05, 0) is 23.5 Å². The Hall–Kier alpha value is -1.61. The maximum Gasteiger partial charge on any atom is 0.234 e. The maximum atomic E-state index is 11.7. The van der Waals surface area contributed by atoms with Crippen LogP contribution in [0.3, 0.4) is 0 Å². The number of nitrogens with one attached hydrogen (secondary N) is 2. The molecule has 3 nitrogen and oxygen atoms in total. The summed E-state index contributed by atoms with van der Waals surface area (Å²) in [6, 6.07) is 8.45. The molecular formula is C17H26N2O. The van der Waals surface area contributed by atoms with Gasteiger partial charge in [0, 0.05) is 6.54 Å². The van der Waals surface area contributed by atoms with Crippen molar-refractivity contribution in [3.63, 3.8) is 0 Å². The largest absolute Gasteiger partial charge is 0.348 e. The summed E-state index contributed by atoms with van der Waals surface area (Å²) in [7, 11) is 0. The van der Waals surface area contributed by atoms with E-state index in [9.17, 15) is 4.79 Å². The zero-order chi connectivity index (χ0) is 15.2. The SMILES string of the molecule is C=CCNCC(=O)NC(C)c1ccc(C(C)(C)C)cc1. The average Bonchev–Trinajstić information content (AvgIpc) is 2.38. The Morgan fingerprint density at radius 3 is 2.40 bits per heavy atom. The first-order valence-corrected chi connectivity index (χ1v) is 7.06. The van der Waals surface area contributed by atoms with Gasteiger partial charge in [-0.3, -0.25) is 4.79 Å². The van der Waals surface area contributed by atoms with Crippen LogP contribution < -0.4 is 10.6 Å². The van der Waals surface area contributed by atoms with Crippen molar-refractivity contribution >= 4 is 5.91 Å². The van der Waals surface area contributed by atoms with Gasteiger partial charge in [0.05, 0.1) is 12.6 Å². The van der Waals surface area contributed by atoms with Gasteiger partial charge in [-0.25, -0.2) is 0 Å². The number of carbonyl (C=O) groups is 1. The molecule has 1 unspecified atom stereocenters. The average molecular weight is 274 g/mol. The quantitative estimate of drug-likeness (QED) is 0.618. The molecule has 0 saturated carbocycles. The zero-order valence-electron chi connectivity index (χ0n) is 13.0. The van der Waals surface area contributed by atoms with Crippen molar-refractivity contribution in [1.29, 1.82) is 0 Å². The normalized spacial score (nSPS) is 12.8. The van der Waals surface area contributed by atoms with Crippen LogP contribution in [0.25, 0.3) is 0 Å². The van der Waals surface area contributed by atoms with E-state index in [0.717, 1.165) is 5.56 Å². The van der Waals surface area contributed by atoms with E-state index in [-0.39, 0.29) is 17.4 Å². The lowest BCUT2D eigenvalue weighted by Gasteiger charge is -2.20. The summed E-state index contributed by atoms with van der Waals surface area (Å²) in [5, 5.41) is 5.97. The van der Waals surface area contributed by atoms with Gasteiger partial charge < -0.3 is 10.6 Å². The molecule has 1 atom stereocenters. The summed E-state index contributed by atoms with van der Waals surface area (Å²) in [5.74, 6) is -0.000696. The van der Waals surface area contributed by atoms with Crippen molar-refractivity contribution < 1.29 is 4.79 Å². The molecule has 0 aliphatic carbocycles. The van der Waals surface area contributed by atoms with Crippen LogP contribution >= 0.6 is 0 Å². The molecule has 0 bridgehead atoms. The molecule has 0 saturated heterocycles. The Bertz CT molecular complexity index is 443. The smallest absolute Gasteiger partial charge is 0.234 e. The van der Waals surface area contributed by atoms with Crippen LogP contribution in [0.15, 0.2) is 36.9 Å². The Morgan fingerprint density at radius 2 is 1.90 bits per heavy atom. The molecular weight excluding hydrogens is 248 g/mol. The second-order valence-electron chi connectivity index (χ2n) is 6.08. The molecule has 2 N–H and O–H groups in total. The van der Waals surface area contributed by atoms with Gasteiger partial charge in [-0.15, -0.1) is 6.58 Å². The lowest BCUT2D eigenvalue weighted by atomic mass is 9.86. The molecule has 3 heteroatoms. The van der Waals surface area contributed by atoms with Crippen LogP contribution in [-0.4, -0.2) is 19.0 Å². The third kappa shape index (κ3) is 5.17. The third-order valence-corrected chi connectivity index (χ3v) is 3.23. The Labute approximate surface area is 122 Å². The highest BCUT2D eigenvalue weighted by molar-refractivity contribution is 5.78. The van der Waals surface area contributed by atoms with Crippen molar-refractivity contribution in [3.8, 4) is 0 Å². The molecule has 0 aromatic heterocycles. The van der Waals surface area contributed by atoms with Crippen LogP contribution in [0.5, 0.6) is 0 Å². The summed E-state index contributed by atoms with van der Waals surface area (Å²) in [4.78, 5) is 11.7. The minimum atomic E-state index is -0.000696. The fraction of sp³-hybridized carbons (Fsp3) is 0.471. The lowest BCUT2D eigenvalue weighted by Crippen LogP contribution is -2.35. The zero-order valence-corrected chi connectivity index (χ0v) is 13.0. The molecule has 0 fully saturated rings. The fourth-order valence-electron chi connectivity index (χ4n) is 1.94. The van der Waals surface area contributed by atoms with Crippen molar-refractivity contribution in [1.82, 2.24) is 10.6 Å². The van der Waals surface area contributed by atoms with E-state index in [1.807, 2.05) is 6.92 Å². The highest BCUT2D eigenvalue weighted by atomic mass is 16.1. The van der Waals surface area contributed by atoms with Gasteiger partial charge in [0.2, 0.25) is 5.91 Å². The summed E-state index contributed by atoms with van der Waals surface area (Å²) in [5.41, 5.74) is 2.57. The molecule has 1 rings (SSSR count). The fourth-order valence-corrected chi connectivity index (χ4v) is 1.94. The first-order valence-electron chi connectivity index (χ1n) is 7.06. The van der Waals surface area contributed by atoms with E-state index in [4.69, 9.17) is 0 Å². The first-order chi connectivity index (χ1) is 9.34. The van der Waals surface area contributed by atoms with Gasteiger partial charge in [0.1, 0.15) is 0 Å². The Kier molecular flexibility index (Phi) is 5.96. The topological polar surface area (TPSA) is 41.1 Å². The van der Waals surface area contributed by atoms with E-state index >= 15 is 0 Å². The summed E-state index contributed by atoms with van der Waals surface area (Å²) < 4.78 is 0. The molecule has 1 amide bonds. The van der Waals surface area contributed by atoms with Crippen LogP contribution in [0.2, 0.25) is 0 Å². The van der Waals surface area contributed by atoms with Crippen LogP contribution in [-0.2, 0) is 10.2 Å². The minimum Gasteiger partial charge on any atom is -0.348 e.